The largest absolute Gasteiger partial charge is 0.496 e. The van der Waals surface area contributed by atoms with Crippen molar-refractivity contribution in [2.24, 2.45) is 0 Å². The van der Waals surface area contributed by atoms with Crippen molar-refractivity contribution in [3.63, 3.8) is 0 Å². The van der Waals surface area contributed by atoms with E-state index in [1.54, 1.807) is 13.3 Å². The first-order chi connectivity index (χ1) is 13.6. The predicted molar refractivity (Wildman–Crippen MR) is 114 cm³/mol. The maximum Gasteiger partial charge on any atom is 0.139 e. The Kier molecular flexibility index (Phi) is 4.89. The van der Waals surface area contributed by atoms with Gasteiger partial charge in [0.1, 0.15) is 17.3 Å². The molecule has 2 N–H and O–H groups in total. The normalized spacial score (nSPS) is 11.0. The summed E-state index contributed by atoms with van der Waals surface area (Å²) in [6.07, 6.45) is 1.95. The molecule has 0 aliphatic rings. The van der Waals surface area contributed by atoms with Gasteiger partial charge < -0.3 is 19.8 Å². The minimum absolute atomic E-state index is 0.155. The highest BCUT2D eigenvalue weighted by Gasteiger charge is 2.11. The highest BCUT2D eigenvalue weighted by molar-refractivity contribution is 5.95. The number of nitrogens with one attached hydrogen (secondary N) is 2. The second kappa shape index (κ2) is 7.64. The Morgan fingerprint density at radius 2 is 1.79 bits per heavy atom. The van der Waals surface area contributed by atoms with E-state index in [-0.39, 0.29) is 6.10 Å². The Balaban J connectivity index is 1.66. The molecule has 0 fully saturated rings. The molecule has 0 bridgehead atoms. The van der Waals surface area contributed by atoms with E-state index < -0.39 is 0 Å². The van der Waals surface area contributed by atoms with Crippen LogP contribution in [0.4, 0.5) is 11.5 Å². The van der Waals surface area contributed by atoms with Crippen LogP contribution in [0.5, 0.6) is 11.5 Å². The fraction of sp³-hybridized carbons (Fsp3) is 0.174. The number of aromatic nitrogens is 2. The number of fused-ring (bicyclic) bond motifs is 1. The molecule has 2 aromatic carbocycles. The van der Waals surface area contributed by atoms with Crippen LogP contribution in [-0.4, -0.2) is 23.2 Å². The Labute approximate surface area is 164 Å². The molecule has 0 atom stereocenters. The molecule has 0 radical (unpaired) electrons. The van der Waals surface area contributed by atoms with Crippen LogP contribution in [0.3, 0.4) is 0 Å². The zero-order chi connectivity index (χ0) is 19.5. The lowest BCUT2D eigenvalue weighted by Gasteiger charge is -2.11. The topological polar surface area (TPSA) is 59.2 Å². The van der Waals surface area contributed by atoms with Crippen molar-refractivity contribution >= 4 is 22.4 Å². The molecule has 0 amide bonds. The fourth-order valence-electron chi connectivity index (χ4n) is 3.19. The third-order valence-corrected chi connectivity index (χ3v) is 4.43. The predicted octanol–water partition coefficient (Wildman–Crippen LogP) is 5.77. The molecule has 2 aromatic heterocycles. The van der Waals surface area contributed by atoms with Crippen LogP contribution in [0.2, 0.25) is 0 Å². The third-order valence-electron chi connectivity index (χ3n) is 4.43. The number of hydrogen-bond donors (Lipinski definition) is 2. The smallest absolute Gasteiger partial charge is 0.139 e. The molecule has 0 saturated heterocycles. The van der Waals surface area contributed by atoms with E-state index in [4.69, 9.17) is 9.47 Å². The maximum absolute atomic E-state index is 5.70. The molecule has 5 nitrogen and oxygen atoms in total. The lowest BCUT2D eigenvalue weighted by Crippen LogP contribution is -2.05. The van der Waals surface area contributed by atoms with Gasteiger partial charge in [-0.1, -0.05) is 12.1 Å². The molecule has 28 heavy (non-hydrogen) atoms. The first-order valence-corrected chi connectivity index (χ1v) is 9.29. The van der Waals surface area contributed by atoms with Gasteiger partial charge in [0.25, 0.3) is 0 Å². The molecular weight excluding hydrogens is 350 g/mol. The number of ether oxygens (including phenoxy) is 2. The maximum atomic E-state index is 5.70. The van der Waals surface area contributed by atoms with Gasteiger partial charge in [0.15, 0.2) is 0 Å². The van der Waals surface area contributed by atoms with Gasteiger partial charge in [-0.3, -0.25) is 0 Å². The van der Waals surface area contributed by atoms with E-state index in [9.17, 15) is 0 Å². The lowest BCUT2D eigenvalue weighted by atomic mass is 10.1. The van der Waals surface area contributed by atoms with Gasteiger partial charge in [0.05, 0.1) is 24.4 Å². The van der Waals surface area contributed by atoms with Gasteiger partial charge in [-0.05, 0) is 62.4 Å². The summed E-state index contributed by atoms with van der Waals surface area (Å²) < 4.78 is 11.2. The van der Waals surface area contributed by atoms with Gasteiger partial charge in [-0.25, -0.2) is 4.98 Å². The number of methoxy groups -OCH3 is 1. The number of anilines is 2. The molecule has 0 unspecified atom stereocenters. The molecule has 4 rings (SSSR count). The fourth-order valence-corrected chi connectivity index (χ4v) is 3.19. The number of aromatic amines is 1. The zero-order valence-electron chi connectivity index (χ0n) is 16.2. The highest BCUT2D eigenvalue weighted by Crippen LogP contribution is 2.34. The summed E-state index contributed by atoms with van der Waals surface area (Å²) in [5.74, 6) is 2.48. The van der Waals surface area contributed by atoms with Crippen LogP contribution < -0.4 is 14.8 Å². The van der Waals surface area contributed by atoms with Crippen molar-refractivity contribution in [2.75, 3.05) is 12.4 Å². The van der Waals surface area contributed by atoms with Crippen molar-refractivity contribution in [1.82, 2.24) is 9.97 Å². The summed E-state index contributed by atoms with van der Waals surface area (Å²) in [6, 6.07) is 19.9. The van der Waals surface area contributed by atoms with Crippen molar-refractivity contribution in [2.45, 2.75) is 20.0 Å². The summed E-state index contributed by atoms with van der Waals surface area (Å²) >= 11 is 0. The number of rotatable bonds is 6. The van der Waals surface area contributed by atoms with Gasteiger partial charge in [-0.2, -0.15) is 0 Å². The minimum Gasteiger partial charge on any atom is -0.496 e. The molecule has 0 spiro atoms. The van der Waals surface area contributed by atoms with Crippen LogP contribution in [0.15, 0.2) is 66.9 Å². The number of benzene rings is 2. The van der Waals surface area contributed by atoms with Crippen molar-refractivity contribution < 1.29 is 9.47 Å². The van der Waals surface area contributed by atoms with E-state index in [2.05, 4.69) is 21.4 Å². The van der Waals surface area contributed by atoms with E-state index in [1.165, 1.54) is 0 Å². The molecule has 0 aliphatic heterocycles. The van der Waals surface area contributed by atoms with Crippen molar-refractivity contribution in [3.8, 4) is 22.8 Å². The van der Waals surface area contributed by atoms with E-state index >= 15 is 0 Å². The molecule has 2 heterocycles. The molecular formula is C23H23N3O2. The number of hydrogen-bond acceptors (Lipinski definition) is 4. The van der Waals surface area contributed by atoms with Gasteiger partial charge >= 0.3 is 0 Å². The first-order valence-electron chi connectivity index (χ1n) is 9.29. The van der Waals surface area contributed by atoms with Gasteiger partial charge in [0, 0.05) is 22.8 Å². The monoisotopic (exact) mass is 373 g/mol. The third kappa shape index (κ3) is 3.64. The van der Waals surface area contributed by atoms with E-state index in [1.807, 2.05) is 68.4 Å². The Hall–Kier alpha value is -3.47. The zero-order valence-corrected chi connectivity index (χ0v) is 16.2. The SMILES string of the molecule is COc1ccccc1-c1cc2c(Nc3ccc(OC(C)C)cc3)nccc2[nH]1. The molecule has 142 valence electrons. The van der Waals surface area contributed by atoms with E-state index in [0.29, 0.717) is 0 Å². The summed E-state index contributed by atoms with van der Waals surface area (Å²) in [4.78, 5) is 7.99. The highest BCUT2D eigenvalue weighted by atomic mass is 16.5. The minimum atomic E-state index is 0.155. The molecule has 5 heteroatoms. The summed E-state index contributed by atoms with van der Waals surface area (Å²) in [7, 11) is 1.68. The quantitative estimate of drug-likeness (QED) is 0.450. The van der Waals surface area contributed by atoms with Crippen LogP contribution >= 0.6 is 0 Å². The van der Waals surface area contributed by atoms with E-state index in [0.717, 1.165) is 45.2 Å². The Bertz CT molecular complexity index is 1080. The van der Waals surface area contributed by atoms with Crippen LogP contribution in [0.1, 0.15) is 13.8 Å². The standard InChI is InChI=1S/C23H23N3O2/c1-15(2)28-17-10-8-16(9-11-17)25-23-19-14-21(26-20(19)12-13-24-23)18-6-4-5-7-22(18)27-3/h4-15,26H,1-3H3,(H,24,25). The average molecular weight is 373 g/mol. The van der Waals surface area contributed by atoms with Crippen LogP contribution in [0, 0.1) is 0 Å². The van der Waals surface area contributed by atoms with Crippen molar-refractivity contribution in [3.05, 3.63) is 66.9 Å². The van der Waals surface area contributed by atoms with Crippen LogP contribution in [-0.2, 0) is 0 Å². The van der Waals surface area contributed by atoms with Gasteiger partial charge in [0.2, 0.25) is 0 Å². The average Bonchev–Trinajstić information content (AvgIpc) is 3.14. The number of H-pyrrole nitrogens is 1. The van der Waals surface area contributed by atoms with Crippen molar-refractivity contribution in [1.29, 1.82) is 0 Å². The molecule has 0 saturated carbocycles. The summed E-state index contributed by atoms with van der Waals surface area (Å²) in [6.45, 7) is 4.03. The summed E-state index contributed by atoms with van der Waals surface area (Å²) in [5.41, 5.74) is 3.97. The Morgan fingerprint density at radius 3 is 2.54 bits per heavy atom. The lowest BCUT2D eigenvalue weighted by molar-refractivity contribution is 0.242. The van der Waals surface area contributed by atoms with Crippen LogP contribution in [0.25, 0.3) is 22.2 Å². The molecule has 0 aliphatic carbocycles. The Morgan fingerprint density at radius 1 is 1.00 bits per heavy atom. The molecule has 4 aromatic rings. The number of pyridine rings is 1. The number of para-hydroxylation sites is 1. The number of nitrogens with zero attached hydrogens (tertiary/aromatic N) is 1. The second-order valence-corrected chi connectivity index (χ2v) is 6.82. The van der Waals surface area contributed by atoms with Gasteiger partial charge in [-0.15, -0.1) is 0 Å². The second-order valence-electron chi connectivity index (χ2n) is 6.82. The summed E-state index contributed by atoms with van der Waals surface area (Å²) in [5, 5.41) is 4.42. The first kappa shape index (κ1) is 17.9.